The smallest absolute Gasteiger partial charge is 0.253 e. The van der Waals surface area contributed by atoms with Gasteiger partial charge in [0.25, 0.3) is 5.91 Å². The predicted octanol–water partition coefficient (Wildman–Crippen LogP) is 3.59. The van der Waals surface area contributed by atoms with Gasteiger partial charge >= 0.3 is 0 Å². The van der Waals surface area contributed by atoms with Gasteiger partial charge in [0.05, 0.1) is 5.56 Å². The van der Waals surface area contributed by atoms with Gasteiger partial charge in [-0.25, -0.2) is 0 Å². The van der Waals surface area contributed by atoms with E-state index in [2.05, 4.69) is 17.6 Å². The molecule has 0 bridgehead atoms. The molecule has 0 spiro atoms. The monoisotopic (exact) mass is 274 g/mol. The minimum absolute atomic E-state index is 0.0382. The molecule has 3 heteroatoms. The fraction of sp³-hybridized carbons (Fsp3) is 0.588. The molecule has 3 nitrogen and oxygen atoms in total. The van der Waals surface area contributed by atoms with Crippen LogP contribution in [0.3, 0.4) is 0 Å². The molecule has 1 saturated carbocycles. The molecule has 1 aromatic carbocycles. The first-order valence-corrected chi connectivity index (χ1v) is 7.66. The Kier molecular flexibility index (Phi) is 5.05. The Morgan fingerprint density at radius 2 is 2.15 bits per heavy atom. The SMILES string of the molecule is CNc1ccc(C)cc1C(=O)NCC1CCCC(C)C1. The van der Waals surface area contributed by atoms with Crippen LogP contribution in [-0.4, -0.2) is 19.5 Å². The third kappa shape index (κ3) is 3.75. The first kappa shape index (κ1) is 14.9. The second-order valence-electron chi connectivity index (χ2n) is 6.15. The Bertz CT molecular complexity index is 470. The molecule has 20 heavy (non-hydrogen) atoms. The molecular formula is C17H26N2O. The first-order valence-electron chi connectivity index (χ1n) is 7.66. The number of carbonyl (C=O) groups excluding carboxylic acids is 1. The van der Waals surface area contributed by atoms with E-state index in [1.54, 1.807) is 0 Å². The van der Waals surface area contributed by atoms with Crippen LogP contribution in [0.4, 0.5) is 5.69 Å². The van der Waals surface area contributed by atoms with E-state index in [4.69, 9.17) is 0 Å². The molecule has 0 saturated heterocycles. The lowest BCUT2D eigenvalue weighted by atomic mass is 9.82. The molecule has 110 valence electrons. The van der Waals surface area contributed by atoms with Crippen LogP contribution in [0, 0.1) is 18.8 Å². The van der Waals surface area contributed by atoms with Gasteiger partial charge < -0.3 is 10.6 Å². The quantitative estimate of drug-likeness (QED) is 0.881. The van der Waals surface area contributed by atoms with Gasteiger partial charge in [0, 0.05) is 19.3 Å². The molecule has 0 aliphatic heterocycles. The van der Waals surface area contributed by atoms with Crippen LogP contribution >= 0.6 is 0 Å². The number of aryl methyl sites for hydroxylation is 1. The van der Waals surface area contributed by atoms with Crippen LogP contribution in [0.2, 0.25) is 0 Å². The topological polar surface area (TPSA) is 41.1 Å². The summed E-state index contributed by atoms with van der Waals surface area (Å²) in [6.07, 6.45) is 5.13. The number of hydrogen-bond donors (Lipinski definition) is 2. The summed E-state index contributed by atoms with van der Waals surface area (Å²) in [5, 5.41) is 6.20. The molecule has 1 aliphatic carbocycles. The zero-order valence-electron chi connectivity index (χ0n) is 12.8. The minimum Gasteiger partial charge on any atom is -0.387 e. The van der Waals surface area contributed by atoms with Crippen molar-refractivity contribution in [2.45, 2.75) is 39.5 Å². The number of carbonyl (C=O) groups is 1. The van der Waals surface area contributed by atoms with Gasteiger partial charge in [-0.2, -0.15) is 0 Å². The first-order chi connectivity index (χ1) is 9.60. The molecule has 0 radical (unpaired) electrons. The van der Waals surface area contributed by atoms with Gasteiger partial charge in [0.2, 0.25) is 0 Å². The number of hydrogen-bond acceptors (Lipinski definition) is 2. The van der Waals surface area contributed by atoms with Crippen molar-refractivity contribution in [2.75, 3.05) is 18.9 Å². The number of amides is 1. The summed E-state index contributed by atoms with van der Waals surface area (Å²) in [5.41, 5.74) is 2.75. The van der Waals surface area contributed by atoms with Crippen molar-refractivity contribution in [3.05, 3.63) is 29.3 Å². The highest BCUT2D eigenvalue weighted by atomic mass is 16.1. The van der Waals surface area contributed by atoms with Crippen LogP contribution in [-0.2, 0) is 0 Å². The molecule has 1 fully saturated rings. The lowest BCUT2D eigenvalue weighted by Gasteiger charge is -2.26. The van der Waals surface area contributed by atoms with Crippen LogP contribution in [0.25, 0.3) is 0 Å². The lowest BCUT2D eigenvalue weighted by molar-refractivity contribution is 0.0941. The number of benzene rings is 1. The van der Waals surface area contributed by atoms with Crippen molar-refractivity contribution in [1.29, 1.82) is 0 Å². The summed E-state index contributed by atoms with van der Waals surface area (Å²) < 4.78 is 0. The summed E-state index contributed by atoms with van der Waals surface area (Å²) in [4.78, 5) is 12.3. The molecule has 1 aliphatic rings. The third-order valence-corrected chi connectivity index (χ3v) is 4.29. The Balaban J connectivity index is 1.96. The Labute approximate surface area is 122 Å². The zero-order valence-corrected chi connectivity index (χ0v) is 12.8. The van der Waals surface area contributed by atoms with Gasteiger partial charge in [-0.3, -0.25) is 4.79 Å². The molecule has 2 atom stereocenters. The van der Waals surface area contributed by atoms with Crippen molar-refractivity contribution in [2.24, 2.45) is 11.8 Å². The Morgan fingerprint density at radius 3 is 2.85 bits per heavy atom. The summed E-state index contributed by atoms with van der Waals surface area (Å²) in [7, 11) is 1.85. The second-order valence-corrected chi connectivity index (χ2v) is 6.15. The average Bonchev–Trinajstić information content (AvgIpc) is 2.45. The summed E-state index contributed by atoms with van der Waals surface area (Å²) >= 11 is 0. The molecule has 2 N–H and O–H groups in total. The maximum atomic E-state index is 12.3. The summed E-state index contributed by atoms with van der Waals surface area (Å²) in [6, 6.07) is 5.93. The summed E-state index contributed by atoms with van der Waals surface area (Å²) in [5.74, 6) is 1.49. The highest BCUT2D eigenvalue weighted by molar-refractivity contribution is 5.99. The standard InChI is InChI=1S/C17H26N2O/c1-12-5-4-6-14(9-12)11-19-17(20)15-10-13(2)7-8-16(15)18-3/h7-8,10,12,14,18H,4-6,9,11H2,1-3H3,(H,19,20). The summed E-state index contributed by atoms with van der Waals surface area (Å²) in [6.45, 7) is 5.13. The van der Waals surface area contributed by atoms with E-state index in [-0.39, 0.29) is 5.91 Å². The van der Waals surface area contributed by atoms with E-state index < -0.39 is 0 Å². The van der Waals surface area contributed by atoms with Gasteiger partial charge in [-0.15, -0.1) is 0 Å². The molecule has 0 heterocycles. The fourth-order valence-corrected chi connectivity index (χ4v) is 3.14. The molecule has 2 rings (SSSR count). The maximum Gasteiger partial charge on any atom is 0.253 e. The minimum atomic E-state index is 0.0382. The zero-order chi connectivity index (χ0) is 14.5. The highest BCUT2D eigenvalue weighted by Gasteiger charge is 2.20. The van der Waals surface area contributed by atoms with Crippen molar-refractivity contribution >= 4 is 11.6 Å². The van der Waals surface area contributed by atoms with Gasteiger partial charge in [0.15, 0.2) is 0 Å². The van der Waals surface area contributed by atoms with Crippen molar-refractivity contribution in [3.8, 4) is 0 Å². The maximum absolute atomic E-state index is 12.3. The molecule has 1 aromatic rings. The van der Waals surface area contributed by atoms with Crippen molar-refractivity contribution < 1.29 is 4.79 Å². The molecule has 2 unspecified atom stereocenters. The lowest BCUT2D eigenvalue weighted by Crippen LogP contribution is -2.31. The third-order valence-electron chi connectivity index (χ3n) is 4.29. The molecule has 0 aromatic heterocycles. The number of nitrogens with one attached hydrogen (secondary N) is 2. The van der Waals surface area contributed by atoms with E-state index in [0.717, 1.165) is 29.3 Å². The van der Waals surface area contributed by atoms with Gasteiger partial charge in [-0.05, 0) is 43.7 Å². The van der Waals surface area contributed by atoms with E-state index in [1.807, 2.05) is 32.2 Å². The van der Waals surface area contributed by atoms with Gasteiger partial charge in [0.1, 0.15) is 0 Å². The van der Waals surface area contributed by atoms with Crippen LogP contribution < -0.4 is 10.6 Å². The van der Waals surface area contributed by atoms with Crippen molar-refractivity contribution in [3.63, 3.8) is 0 Å². The normalized spacial score (nSPS) is 22.4. The Hall–Kier alpha value is -1.51. The van der Waals surface area contributed by atoms with Crippen molar-refractivity contribution in [1.82, 2.24) is 5.32 Å². The molecular weight excluding hydrogens is 248 g/mol. The fourth-order valence-electron chi connectivity index (χ4n) is 3.14. The highest BCUT2D eigenvalue weighted by Crippen LogP contribution is 2.28. The van der Waals surface area contributed by atoms with E-state index in [9.17, 15) is 4.79 Å². The molecule has 1 amide bonds. The largest absolute Gasteiger partial charge is 0.387 e. The van der Waals surface area contributed by atoms with Crippen LogP contribution in [0.5, 0.6) is 0 Å². The van der Waals surface area contributed by atoms with E-state index >= 15 is 0 Å². The van der Waals surface area contributed by atoms with Gasteiger partial charge in [-0.1, -0.05) is 31.4 Å². The van der Waals surface area contributed by atoms with E-state index in [1.165, 1.54) is 25.7 Å². The van der Waals surface area contributed by atoms with E-state index in [0.29, 0.717) is 5.92 Å². The second kappa shape index (κ2) is 6.78. The number of rotatable bonds is 4. The average molecular weight is 274 g/mol. The number of anilines is 1. The van der Waals surface area contributed by atoms with Crippen LogP contribution in [0.1, 0.15) is 48.5 Å². The predicted molar refractivity (Wildman–Crippen MR) is 84.2 cm³/mol. The Morgan fingerprint density at radius 1 is 1.35 bits per heavy atom. The van der Waals surface area contributed by atoms with Crippen LogP contribution in [0.15, 0.2) is 18.2 Å².